The number of hydrogen-bond acceptors (Lipinski definition) is 1. The van der Waals surface area contributed by atoms with Gasteiger partial charge in [0.2, 0.25) is 5.91 Å². The first-order valence-electron chi connectivity index (χ1n) is 2.36. The van der Waals surface area contributed by atoms with E-state index in [1.807, 2.05) is 0 Å². The molecule has 0 heterocycles. The molecule has 0 bridgehead atoms. The van der Waals surface area contributed by atoms with Crippen LogP contribution in [0.15, 0.2) is 0 Å². The molecule has 0 aromatic rings. The van der Waals surface area contributed by atoms with Crippen molar-refractivity contribution < 1.29 is 9.18 Å². The maximum atomic E-state index is 11.7. The molecule has 2 nitrogen and oxygen atoms in total. The Hall–Kier alpha value is -0.310. The van der Waals surface area contributed by atoms with E-state index in [1.54, 1.807) is 0 Å². The van der Waals surface area contributed by atoms with E-state index in [9.17, 15) is 9.18 Å². The first-order valence-corrected chi connectivity index (χ1v) is 2.36. The van der Waals surface area contributed by atoms with Gasteiger partial charge in [0, 0.05) is 0 Å². The molecule has 0 aliphatic carbocycles. The summed E-state index contributed by atoms with van der Waals surface area (Å²) in [5.74, 6) is -0.597. The van der Waals surface area contributed by atoms with Gasteiger partial charge >= 0.3 is 0 Å². The lowest BCUT2D eigenvalue weighted by Gasteiger charge is -2.13. The second-order valence-electron chi connectivity index (χ2n) is 2.38. The molecule has 0 radical (unpaired) electrons. The monoisotopic (exact) mass is 155 g/mol. The van der Waals surface area contributed by atoms with Crippen molar-refractivity contribution in [2.24, 2.45) is 11.1 Å². The summed E-state index contributed by atoms with van der Waals surface area (Å²) in [5.41, 5.74) is 3.82. The van der Waals surface area contributed by atoms with Gasteiger partial charge in [0.15, 0.2) is 0 Å². The third kappa shape index (κ3) is 3.30. The normalized spacial score (nSPS) is 10.1. The predicted octanol–water partition coefficient (Wildman–Crippen LogP) is 0.889. The molecule has 0 atom stereocenters. The smallest absolute Gasteiger partial charge is 0.225 e. The molecular formula is C5H11ClFNO. The van der Waals surface area contributed by atoms with Crippen LogP contribution in [0.1, 0.15) is 13.8 Å². The van der Waals surface area contributed by atoms with Crippen LogP contribution in [0.2, 0.25) is 0 Å². The molecule has 0 aliphatic rings. The molecule has 2 N–H and O–H groups in total. The van der Waals surface area contributed by atoms with Gasteiger partial charge in [0.1, 0.15) is 6.67 Å². The van der Waals surface area contributed by atoms with Crippen LogP contribution in [0.25, 0.3) is 0 Å². The zero-order valence-corrected chi connectivity index (χ0v) is 6.30. The maximum Gasteiger partial charge on any atom is 0.225 e. The van der Waals surface area contributed by atoms with Crippen LogP contribution in [0.5, 0.6) is 0 Å². The second-order valence-corrected chi connectivity index (χ2v) is 2.38. The largest absolute Gasteiger partial charge is 0.369 e. The number of halogens is 2. The van der Waals surface area contributed by atoms with Crippen LogP contribution in [0.3, 0.4) is 0 Å². The van der Waals surface area contributed by atoms with Gasteiger partial charge in [0.25, 0.3) is 0 Å². The minimum Gasteiger partial charge on any atom is -0.369 e. The Labute approximate surface area is 60.0 Å². The molecule has 0 rings (SSSR count). The lowest BCUT2D eigenvalue weighted by atomic mass is 9.95. The summed E-state index contributed by atoms with van der Waals surface area (Å²) < 4.78 is 11.7. The van der Waals surface area contributed by atoms with Crippen LogP contribution in [-0.2, 0) is 4.79 Å². The molecule has 0 fully saturated rings. The van der Waals surface area contributed by atoms with Crippen molar-refractivity contribution in [3.05, 3.63) is 0 Å². The van der Waals surface area contributed by atoms with E-state index >= 15 is 0 Å². The second kappa shape index (κ2) is 3.67. The van der Waals surface area contributed by atoms with E-state index in [0.29, 0.717) is 0 Å². The lowest BCUT2D eigenvalue weighted by molar-refractivity contribution is -0.126. The van der Waals surface area contributed by atoms with Gasteiger partial charge in [-0.25, -0.2) is 4.39 Å². The molecule has 0 saturated carbocycles. The average Bonchev–Trinajstić information content (AvgIpc) is 1.67. The maximum absolute atomic E-state index is 11.7. The van der Waals surface area contributed by atoms with E-state index in [0.717, 1.165) is 0 Å². The minimum atomic E-state index is -0.986. The van der Waals surface area contributed by atoms with Gasteiger partial charge in [-0.2, -0.15) is 0 Å². The highest BCUT2D eigenvalue weighted by molar-refractivity contribution is 5.85. The number of hydrogen-bond donors (Lipinski definition) is 1. The number of amides is 1. The standard InChI is InChI=1S/C5H10FNO.ClH/c1-5(2,3-6)4(7)8;/h3H2,1-2H3,(H2,7,8);1H. The van der Waals surface area contributed by atoms with Gasteiger partial charge in [-0.1, -0.05) is 0 Å². The Bertz CT molecular complexity index is 105. The lowest BCUT2D eigenvalue weighted by Crippen LogP contribution is -2.33. The molecule has 0 aromatic heterocycles. The molecule has 0 aromatic carbocycles. The van der Waals surface area contributed by atoms with Gasteiger partial charge in [-0.05, 0) is 13.8 Å². The number of alkyl halides is 1. The summed E-state index contributed by atoms with van der Waals surface area (Å²) >= 11 is 0. The van der Waals surface area contributed by atoms with Crippen molar-refractivity contribution in [2.45, 2.75) is 13.8 Å². The highest BCUT2D eigenvalue weighted by atomic mass is 35.5. The minimum absolute atomic E-state index is 0. The van der Waals surface area contributed by atoms with Crippen molar-refractivity contribution in [3.63, 3.8) is 0 Å². The summed E-state index contributed by atoms with van der Waals surface area (Å²) in [6.07, 6.45) is 0. The summed E-state index contributed by atoms with van der Waals surface area (Å²) in [6, 6.07) is 0. The Morgan fingerprint density at radius 1 is 1.67 bits per heavy atom. The van der Waals surface area contributed by atoms with Gasteiger partial charge < -0.3 is 5.73 Å². The summed E-state index contributed by atoms with van der Waals surface area (Å²) in [7, 11) is 0. The van der Waals surface area contributed by atoms with Gasteiger partial charge in [0.05, 0.1) is 5.41 Å². The Morgan fingerprint density at radius 2 is 2.00 bits per heavy atom. The topological polar surface area (TPSA) is 43.1 Å². The third-order valence-electron chi connectivity index (χ3n) is 1.00. The number of primary amides is 1. The summed E-state index contributed by atoms with van der Waals surface area (Å²) in [4.78, 5) is 10.2. The first kappa shape index (κ1) is 11.5. The van der Waals surface area contributed by atoms with Crippen LogP contribution in [0, 0.1) is 5.41 Å². The van der Waals surface area contributed by atoms with E-state index in [-0.39, 0.29) is 12.4 Å². The molecule has 9 heavy (non-hydrogen) atoms. The van der Waals surface area contributed by atoms with Crippen molar-refractivity contribution in [1.82, 2.24) is 0 Å². The fraction of sp³-hybridized carbons (Fsp3) is 0.800. The van der Waals surface area contributed by atoms with Crippen molar-refractivity contribution in [3.8, 4) is 0 Å². The predicted molar refractivity (Wildman–Crippen MR) is 36.2 cm³/mol. The first-order chi connectivity index (χ1) is 3.50. The molecule has 0 saturated heterocycles. The molecule has 1 amide bonds. The summed E-state index contributed by atoms with van der Waals surface area (Å²) in [5, 5.41) is 0. The molecule has 0 unspecified atom stereocenters. The number of rotatable bonds is 2. The van der Waals surface area contributed by atoms with Crippen molar-refractivity contribution in [2.75, 3.05) is 6.67 Å². The van der Waals surface area contributed by atoms with Crippen LogP contribution in [0.4, 0.5) is 4.39 Å². The van der Waals surface area contributed by atoms with Crippen molar-refractivity contribution >= 4 is 18.3 Å². The van der Waals surface area contributed by atoms with Gasteiger partial charge in [-0.3, -0.25) is 4.79 Å². The van der Waals surface area contributed by atoms with Crippen LogP contribution in [-0.4, -0.2) is 12.6 Å². The Morgan fingerprint density at radius 3 is 2.00 bits per heavy atom. The molecule has 0 spiro atoms. The SMILES string of the molecule is CC(C)(CF)C(N)=O.Cl. The molecule has 4 heteroatoms. The number of carbonyl (C=O) groups is 1. The van der Waals surface area contributed by atoms with E-state index < -0.39 is 18.0 Å². The number of nitrogens with two attached hydrogens (primary N) is 1. The fourth-order valence-corrected chi connectivity index (χ4v) is 0.0659. The highest BCUT2D eigenvalue weighted by Crippen LogP contribution is 2.13. The fourth-order valence-electron chi connectivity index (χ4n) is 0.0659. The van der Waals surface area contributed by atoms with Crippen molar-refractivity contribution in [1.29, 1.82) is 0 Å². The highest BCUT2D eigenvalue weighted by Gasteiger charge is 2.23. The summed E-state index contributed by atoms with van der Waals surface area (Å²) in [6.45, 7) is 2.24. The van der Waals surface area contributed by atoms with E-state index in [4.69, 9.17) is 5.73 Å². The molecule has 0 aliphatic heterocycles. The van der Waals surface area contributed by atoms with Crippen LogP contribution < -0.4 is 5.73 Å². The quantitative estimate of drug-likeness (QED) is 0.633. The molecule has 56 valence electrons. The Balaban J connectivity index is 0. The van der Waals surface area contributed by atoms with E-state index in [2.05, 4.69) is 0 Å². The van der Waals surface area contributed by atoms with E-state index in [1.165, 1.54) is 13.8 Å². The Kier molecular flexibility index (Phi) is 4.68. The third-order valence-corrected chi connectivity index (χ3v) is 1.00. The van der Waals surface area contributed by atoms with Crippen LogP contribution >= 0.6 is 12.4 Å². The zero-order chi connectivity index (χ0) is 6.78. The van der Waals surface area contributed by atoms with Gasteiger partial charge in [-0.15, -0.1) is 12.4 Å². The zero-order valence-electron chi connectivity index (χ0n) is 5.48. The average molecular weight is 156 g/mol. The number of carbonyl (C=O) groups excluding carboxylic acids is 1. The molecular weight excluding hydrogens is 145 g/mol.